The van der Waals surface area contributed by atoms with E-state index in [1.807, 2.05) is 11.4 Å². The molecule has 2 aliphatic rings. The van der Waals surface area contributed by atoms with Crippen molar-refractivity contribution in [1.82, 2.24) is 10.2 Å². The first kappa shape index (κ1) is 14.0. The van der Waals surface area contributed by atoms with Gasteiger partial charge in [0.2, 0.25) is 0 Å². The molecule has 3 amide bonds. The van der Waals surface area contributed by atoms with Gasteiger partial charge < -0.3 is 5.32 Å². The van der Waals surface area contributed by atoms with Gasteiger partial charge in [0, 0.05) is 11.1 Å². The zero-order chi connectivity index (χ0) is 15.3. The quantitative estimate of drug-likeness (QED) is 0.858. The molecule has 2 aromatic rings. The van der Waals surface area contributed by atoms with Crippen LogP contribution in [0.15, 0.2) is 23.6 Å². The summed E-state index contributed by atoms with van der Waals surface area (Å²) < 4.78 is 14.3. The molecular weight excluding hydrogens is 323 g/mol. The minimum atomic E-state index is -0.723. The fourth-order valence-electron chi connectivity index (χ4n) is 3.02. The van der Waals surface area contributed by atoms with Crippen LogP contribution in [0, 0.1) is 5.82 Å². The highest BCUT2D eigenvalue weighted by Gasteiger charge is 2.52. The molecule has 1 atom stereocenters. The molecule has 2 aliphatic heterocycles. The van der Waals surface area contributed by atoms with E-state index in [9.17, 15) is 14.0 Å². The molecule has 1 aromatic heterocycles. The molecule has 1 aromatic carbocycles. The standard InChI is InChI=1S/C15H13FN2O2S2/c16-11-3-1-2-10-9(7-22-12(10)11)6-18-13(19)15(17-14(18)20)4-5-21-8-15/h1-3,7H,4-6,8H2,(H,17,20)/t15-/m0/s1. The Kier molecular flexibility index (Phi) is 3.16. The number of hydrogen-bond donors (Lipinski definition) is 1. The minimum Gasteiger partial charge on any atom is -0.322 e. The number of nitrogens with zero attached hydrogens (tertiary/aromatic N) is 1. The van der Waals surface area contributed by atoms with Crippen LogP contribution < -0.4 is 5.32 Å². The fraction of sp³-hybridized carbons (Fsp3) is 0.333. The Morgan fingerprint density at radius 1 is 1.36 bits per heavy atom. The van der Waals surface area contributed by atoms with Gasteiger partial charge in [0.25, 0.3) is 5.91 Å². The molecule has 1 spiro atoms. The number of rotatable bonds is 2. The number of thioether (sulfide) groups is 1. The van der Waals surface area contributed by atoms with Gasteiger partial charge in [-0.15, -0.1) is 11.3 Å². The number of hydrogen-bond acceptors (Lipinski definition) is 4. The second kappa shape index (κ2) is 4.96. The van der Waals surface area contributed by atoms with Gasteiger partial charge in [0.15, 0.2) is 0 Å². The van der Waals surface area contributed by atoms with Gasteiger partial charge in [-0.05, 0) is 29.2 Å². The smallest absolute Gasteiger partial charge is 0.322 e. The summed E-state index contributed by atoms with van der Waals surface area (Å²) in [7, 11) is 0. The largest absolute Gasteiger partial charge is 0.325 e. The Bertz CT molecular complexity index is 783. The van der Waals surface area contributed by atoms with E-state index in [0.29, 0.717) is 16.9 Å². The third-order valence-corrected chi connectivity index (χ3v) is 6.47. The summed E-state index contributed by atoms with van der Waals surface area (Å²) in [5.74, 6) is 1.09. The van der Waals surface area contributed by atoms with Crippen LogP contribution in [0.1, 0.15) is 12.0 Å². The predicted octanol–water partition coefficient (Wildman–Crippen LogP) is 2.97. The molecule has 4 rings (SSSR count). The van der Waals surface area contributed by atoms with Gasteiger partial charge in [-0.1, -0.05) is 12.1 Å². The number of benzene rings is 1. The molecule has 0 bridgehead atoms. The average Bonchev–Trinajstić information content (AvgIpc) is 3.17. The number of fused-ring (bicyclic) bond motifs is 1. The van der Waals surface area contributed by atoms with E-state index in [1.165, 1.54) is 22.3 Å². The van der Waals surface area contributed by atoms with E-state index >= 15 is 0 Å². The van der Waals surface area contributed by atoms with Crippen LogP contribution in [0.3, 0.4) is 0 Å². The predicted molar refractivity (Wildman–Crippen MR) is 85.5 cm³/mol. The molecular formula is C15H13FN2O2S2. The topological polar surface area (TPSA) is 49.4 Å². The van der Waals surface area contributed by atoms with Crippen LogP contribution in [-0.2, 0) is 11.3 Å². The van der Waals surface area contributed by atoms with Crippen molar-refractivity contribution in [3.8, 4) is 0 Å². The SMILES string of the molecule is O=C1N[C@]2(CCSC2)C(=O)N1Cc1csc2c(F)cccc12. The van der Waals surface area contributed by atoms with Crippen molar-refractivity contribution >= 4 is 45.1 Å². The summed E-state index contributed by atoms with van der Waals surface area (Å²) in [5.41, 5.74) is 0.0874. The first-order valence-electron chi connectivity index (χ1n) is 6.97. The molecule has 2 saturated heterocycles. The number of imide groups is 1. The maximum absolute atomic E-state index is 13.8. The highest BCUT2D eigenvalue weighted by molar-refractivity contribution is 7.99. The van der Waals surface area contributed by atoms with Gasteiger partial charge in [-0.2, -0.15) is 11.8 Å². The molecule has 0 radical (unpaired) electrons. The lowest BCUT2D eigenvalue weighted by atomic mass is 9.99. The molecule has 1 N–H and O–H groups in total. The number of carbonyl (C=O) groups is 2. The zero-order valence-electron chi connectivity index (χ0n) is 11.6. The molecule has 3 heterocycles. The first-order chi connectivity index (χ1) is 10.6. The van der Waals surface area contributed by atoms with E-state index < -0.39 is 5.54 Å². The summed E-state index contributed by atoms with van der Waals surface area (Å²) in [5, 5.41) is 5.44. The first-order valence-corrected chi connectivity index (χ1v) is 9.01. The van der Waals surface area contributed by atoms with Crippen molar-refractivity contribution in [3.05, 3.63) is 35.0 Å². The summed E-state index contributed by atoms with van der Waals surface area (Å²) in [6.45, 7) is 0.195. The molecule has 0 saturated carbocycles. The van der Waals surface area contributed by atoms with Gasteiger partial charge in [-0.25, -0.2) is 9.18 Å². The van der Waals surface area contributed by atoms with E-state index in [2.05, 4.69) is 5.32 Å². The van der Waals surface area contributed by atoms with Crippen LogP contribution in [0.4, 0.5) is 9.18 Å². The normalized spacial score (nSPS) is 24.7. The molecule has 0 unspecified atom stereocenters. The van der Waals surface area contributed by atoms with E-state index in [4.69, 9.17) is 0 Å². The monoisotopic (exact) mass is 336 g/mol. The van der Waals surface area contributed by atoms with Gasteiger partial charge in [-0.3, -0.25) is 9.69 Å². The molecule has 4 nitrogen and oxygen atoms in total. The van der Waals surface area contributed by atoms with Crippen LogP contribution in [0.2, 0.25) is 0 Å². The third-order valence-electron chi connectivity index (χ3n) is 4.23. The van der Waals surface area contributed by atoms with E-state index in [0.717, 1.165) is 16.7 Å². The zero-order valence-corrected chi connectivity index (χ0v) is 13.2. The summed E-state index contributed by atoms with van der Waals surface area (Å²) in [6.07, 6.45) is 0.678. The van der Waals surface area contributed by atoms with Gasteiger partial charge in [0.1, 0.15) is 11.4 Å². The van der Waals surface area contributed by atoms with Crippen molar-refractivity contribution in [2.75, 3.05) is 11.5 Å². The lowest BCUT2D eigenvalue weighted by molar-refractivity contribution is -0.130. The molecule has 2 fully saturated rings. The average molecular weight is 336 g/mol. The molecule has 22 heavy (non-hydrogen) atoms. The fourth-order valence-corrected chi connectivity index (χ4v) is 5.31. The maximum atomic E-state index is 13.8. The summed E-state index contributed by atoms with van der Waals surface area (Å²) in [4.78, 5) is 26.1. The number of amides is 3. The van der Waals surface area contributed by atoms with Crippen molar-refractivity contribution < 1.29 is 14.0 Å². The Morgan fingerprint density at radius 3 is 3.00 bits per heavy atom. The molecule has 7 heteroatoms. The van der Waals surface area contributed by atoms with Crippen molar-refractivity contribution in [3.63, 3.8) is 0 Å². The number of urea groups is 1. The van der Waals surface area contributed by atoms with E-state index in [1.54, 1.807) is 17.8 Å². The lowest BCUT2D eigenvalue weighted by Gasteiger charge is -2.19. The van der Waals surface area contributed by atoms with Crippen molar-refractivity contribution in [2.24, 2.45) is 0 Å². The number of halogens is 1. The Morgan fingerprint density at radius 2 is 2.23 bits per heavy atom. The molecule has 114 valence electrons. The third kappa shape index (κ3) is 1.95. The summed E-state index contributed by atoms with van der Waals surface area (Å²) in [6, 6.07) is 4.54. The highest BCUT2D eigenvalue weighted by Crippen LogP contribution is 2.35. The highest BCUT2D eigenvalue weighted by atomic mass is 32.2. The lowest BCUT2D eigenvalue weighted by Crippen LogP contribution is -2.46. The Labute approximate surface area is 134 Å². The number of thiophene rings is 1. The number of nitrogens with one attached hydrogen (secondary N) is 1. The van der Waals surface area contributed by atoms with E-state index in [-0.39, 0.29) is 24.3 Å². The van der Waals surface area contributed by atoms with Gasteiger partial charge >= 0.3 is 6.03 Å². The minimum absolute atomic E-state index is 0.154. The Balaban J connectivity index is 1.66. The van der Waals surface area contributed by atoms with Crippen LogP contribution in [0.5, 0.6) is 0 Å². The number of carbonyl (C=O) groups excluding carboxylic acids is 2. The summed E-state index contributed by atoms with van der Waals surface area (Å²) >= 11 is 2.98. The second-order valence-corrected chi connectivity index (χ2v) is 7.57. The van der Waals surface area contributed by atoms with Crippen LogP contribution in [0.25, 0.3) is 10.1 Å². The molecule has 0 aliphatic carbocycles. The maximum Gasteiger partial charge on any atom is 0.325 e. The Hall–Kier alpha value is -1.60. The van der Waals surface area contributed by atoms with Crippen LogP contribution >= 0.6 is 23.1 Å². The van der Waals surface area contributed by atoms with Crippen molar-refractivity contribution in [2.45, 2.75) is 18.5 Å². The van der Waals surface area contributed by atoms with Crippen LogP contribution in [-0.4, -0.2) is 33.9 Å². The van der Waals surface area contributed by atoms with Crippen molar-refractivity contribution in [1.29, 1.82) is 0 Å². The van der Waals surface area contributed by atoms with Gasteiger partial charge in [0.05, 0.1) is 11.2 Å². The second-order valence-electron chi connectivity index (χ2n) is 5.58.